The van der Waals surface area contributed by atoms with Gasteiger partial charge in [0.2, 0.25) is 0 Å². The summed E-state index contributed by atoms with van der Waals surface area (Å²) in [7, 11) is 0. The second kappa shape index (κ2) is 9.17. The molecule has 0 saturated carbocycles. The number of nitrogens with one attached hydrogen (secondary N) is 1. The molecule has 0 bridgehead atoms. The number of piperazine rings is 1. The molecule has 4 heterocycles. The summed E-state index contributed by atoms with van der Waals surface area (Å²) in [5, 5.41) is 3.18. The van der Waals surface area contributed by atoms with Crippen LogP contribution < -0.4 is 15.0 Å². The Morgan fingerprint density at radius 2 is 1.78 bits per heavy atom. The minimum absolute atomic E-state index is 0.0568. The fraction of sp³-hybridized carbons (Fsp3) is 0.241. The number of amides is 1. The Morgan fingerprint density at radius 1 is 0.972 bits per heavy atom. The molecular weight excluding hydrogens is 452 g/mol. The SMILES string of the molecule is CCOc1ccccc1C1(N2CCN(c3ccncc3)CC2)C(=O)Nc2ccc(-c3ccco3)cc21. The molecule has 1 fully saturated rings. The van der Waals surface area contributed by atoms with Crippen molar-refractivity contribution >= 4 is 17.3 Å². The van der Waals surface area contributed by atoms with Crippen LogP contribution >= 0.6 is 0 Å². The van der Waals surface area contributed by atoms with Crippen LogP contribution in [-0.4, -0.2) is 48.6 Å². The van der Waals surface area contributed by atoms with E-state index < -0.39 is 5.54 Å². The van der Waals surface area contributed by atoms with Gasteiger partial charge in [0, 0.05) is 66.6 Å². The summed E-state index contributed by atoms with van der Waals surface area (Å²) in [6.45, 7) is 5.49. The normalized spacial score (nSPS) is 19.7. The van der Waals surface area contributed by atoms with Gasteiger partial charge in [-0.05, 0) is 55.5 Å². The number of carbonyl (C=O) groups excluding carboxylic acids is 1. The predicted octanol–water partition coefficient (Wildman–Crippen LogP) is 4.76. The number of ether oxygens (including phenoxy) is 1. The van der Waals surface area contributed by atoms with Crippen molar-refractivity contribution in [1.29, 1.82) is 0 Å². The zero-order valence-corrected chi connectivity index (χ0v) is 20.2. The van der Waals surface area contributed by atoms with Crippen LogP contribution in [0.1, 0.15) is 18.1 Å². The lowest BCUT2D eigenvalue weighted by molar-refractivity contribution is -0.125. The molecule has 1 atom stereocenters. The van der Waals surface area contributed by atoms with Gasteiger partial charge in [0.1, 0.15) is 11.5 Å². The Kier molecular flexibility index (Phi) is 5.70. The standard InChI is InChI=1S/C29H28N4O3/c1-2-35-27-7-4-3-6-23(27)29(33-17-15-32(16-18-33)22-11-13-30-14-12-22)24-20-21(26-8-5-19-36-26)9-10-25(24)31-28(29)34/h3-14,19-20H,2,15-18H2,1H3,(H,31,34). The second-order valence-electron chi connectivity index (χ2n) is 9.01. The van der Waals surface area contributed by atoms with Crippen LogP contribution in [-0.2, 0) is 10.3 Å². The largest absolute Gasteiger partial charge is 0.493 e. The van der Waals surface area contributed by atoms with Crippen molar-refractivity contribution in [3.8, 4) is 17.1 Å². The number of pyridine rings is 1. The summed E-state index contributed by atoms with van der Waals surface area (Å²) >= 11 is 0. The van der Waals surface area contributed by atoms with E-state index in [-0.39, 0.29) is 5.91 Å². The lowest BCUT2D eigenvalue weighted by Gasteiger charge is -2.45. The fourth-order valence-electron chi connectivity index (χ4n) is 5.54. The van der Waals surface area contributed by atoms with E-state index in [4.69, 9.17) is 9.15 Å². The molecule has 2 aliphatic rings. The molecule has 0 radical (unpaired) electrons. The number of hydrogen-bond donors (Lipinski definition) is 1. The number of benzene rings is 2. The quantitative estimate of drug-likeness (QED) is 0.429. The molecule has 1 amide bonds. The fourth-order valence-corrected chi connectivity index (χ4v) is 5.54. The van der Waals surface area contributed by atoms with Crippen LogP contribution in [0.15, 0.2) is 89.8 Å². The molecule has 182 valence electrons. The maximum atomic E-state index is 14.1. The number of anilines is 2. The van der Waals surface area contributed by atoms with Gasteiger partial charge >= 0.3 is 0 Å². The van der Waals surface area contributed by atoms with Crippen molar-refractivity contribution in [3.05, 3.63) is 96.5 Å². The van der Waals surface area contributed by atoms with Crippen molar-refractivity contribution in [2.24, 2.45) is 0 Å². The Balaban J connectivity index is 1.48. The maximum absolute atomic E-state index is 14.1. The molecular formula is C29H28N4O3. The molecule has 1 N–H and O–H groups in total. The van der Waals surface area contributed by atoms with Crippen molar-refractivity contribution in [2.45, 2.75) is 12.5 Å². The first-order chi connectivity index (χ1) is 17.7. The minimum atomic E-state index is -1.02. The second-order valence-corrected chi connectivity index (χ2v) is 9.01. The molecule has 36 heavy (non-hydrogen) atoms. The molecule has 7 heteroatoms. The first-order valence-corrected chi connectivity index (χ1v) is 12.3. The number of hydrogen-bond acceptors (Lipinski definition) is 6. The number of rotatable bonds is 6. The van der Waals surface area contributed by atoms with Gasteiger partial charge in [-0.3, -0.25) is 14.7 Å². The molecule has 0 spiro atoms. The monoisotopic (exact) mass is 480 g/mol. The number of carbonyl (C=O) groups is 1. The lowest BCUT2D eigenvalue weighted by atomic mass is 9.80. The highest BCUT2D eigenvalue weighted by Crippen LogP contribution is 2.49. The topological polar surface area (TPSA) is 70.8 Å². The molecule has 2 aliphatic heterocycles. The van der Waals surface area contributed by atoms with Crippen molar-refractivity contribution in [3.63, 3.8) is 0 Å². The Bertz CT molecular complexity index is 1360. The zero-order chi connectivity index (χ0) is 24.5. The van der Waals surface area contributed by atoms with Gasteiger partial charge in [0.05, 0.1) is 12.9 Å². The van der Waals surface area contributed by atoms with Gasteiger partial charge in [-0.1, -0.05) is 18.2 Å². The third-order valence-electron chi connectivity index (χ3n) is 7.15. The van der Waals surface area contributed by atoms with Crippen LogP contribution in [0.4, 0.5) is 11.4 Å². The third kappa shape index (κ3) is 3.55. The molecule has 6 rings (SSSR count). The van der Waals surface area contributed by atoms with Crippen LogP contribution in [0.3, 0.4) is 0 Å². The molecule has 2 aromatic carbocycles. The van der Waals surface area contributed by atoms with Crippen LogP contribution in [0.5, 0.6) is 5.75 Å². The first-order valence-electron chi connectivity index (χ1n) is 12.3. The number of nitrogens with zero attached hydrogens (tertiary/aromatic N) is 3. The summed E-state index contributed by atoms with van der Waals surface area (Å²) in [6.07, 6.45) is 5.30. The minimum Gasteiger partial charge on any atom is -0.493 e. The van der Waals surface area contributed by atoms with E-state index in [0.29, 0.717) is 19.7 Å². The average Bonchev–Trinajstić information content (AvgIpc) is 3.56. The number of aromatic nitrogens is 1. The number of furan rings is 1. The Morgan fingerprint density at radius 3 is 2.53 bits per heavy atom. The number of fused-ring (bicyclic) bond motifs is 1. The van der Waals surface area contributed by atoms with Gasteiger partial charge in [-0.2, -0.15) is 0 Å². The third-order valence-corrected chi connectivity index (χ3v) is 7.15. The maximum Gasteiger partial charge on any atom is 0.254 e. The average molecular weight is 481 g/mol. The van der Waals surface area contributed by atoms with Crippen molar-refractivity contribution < 1.29 is 13.9 Å². The number of para-hydroxylation sites is 1. The molecule has 2 aromatic heterocycles. The van der Waals surface area contributed by atoms with Gasteiger partial charge in [-0.25, -0.2) is 0 Å². The van der Waals surface area contributed by atoms with E-state index >= 15 is 0 Å². The summed E-state index contributed by atoms with van der Waals surface area (Å²) in [5.74, 6) is 1.44. The first kappa shape index (κ1) is 22.4. The van der Waals surface area contributed by atoms with Crippen LogP contribution in [0, 0.1) is 0 Å². The van der Waals surface area contributed by atoms with E-state index in [1.165, 1.54) is 0 Å². The molecule has 0 aliphatic carbocycles. The highest BCUT2D eigenvalue weighted by molar-refractivity contribution is 6.09. The summed E-state index contributed by atoms with van der Waals surface area (Å²) in [4.78, 5) is 22.9. The van der Waals surface area contributed by atoms with E-state index in [1.54, 1.807) is 6.26 Å². The highest BCUT2D eigenvalue weighted by Gasteiger charge is 2.54. The molecule has 7 nitrogen and oxygen atoms in total. The van der Waals surface area contributed by atoms with Gasteiger partial charge in [-0.15, -0.1) is 0 Å². The smallest absolute Gasteiger partial charge is 0.254 e. The zero-order valence-electron chi connectivity index (χ0n) is 20.2. The molecule has 4 aromatic rings. The van der Waals surface area contributed by atoms with Gasteiger partial charge < -0.3 is 19.4 Å². The highest BCUT2D eigenvalue weighted by atomic mass is 16.5. The summed E-state index contributed by atoms with van der Waals surface area (Å²) < 4.78 is 11.8. The predicted molar refractivity (Wildman–Crippen MR) is 139 cm³/mol. The van der Waals surface area contributed by atoms with E-state index in [2.05, 4.69) is 26.2 Å². The van der Waals surface area contributed by atoms with E-state index in [9.17, 15) is 4.79 Å². The molecule has 1 saturated heterocycles. The summed E-state index contributed by atoms with van der Waals surface area (Å²) in [6, 6.07) is 21.8. The van der Waals surface area contributed by atoms with Crippen LogP contribution in [0.2, 0.25) is 0 Å². The van der Waals surface area contributed by atoms with Crippen LogP contribution in [0.25, 0.3) is 11.3 Å². The van der Waals surface area contributed by atoms with Gasteiger partial charge in [0.15, 0.2) is 5.54 Å². The summed E-state index contributed by atoms with van der Waals surface area (Å²) in [5.41, 5.74) is 3.66. The van der Waals surface area contributed by atoms with Gasteiger partial charge in [0.25, 0.3) is 5.91 Å². The lowest BCUT2D eigenvalue weighted by Crippen LogP contribution is -2.59. The van der Waals surface area contributed by atoms with E-state index in [1.807, 2.05) is 80.0 Å². The Labute approximate surface area is 210 Å². The van der Waals surface area contributed by atoms with E-state index in [0.717, 1.165) is 52.7 Å². The Hall–Kier alpha value is -4.10. The molecule has 1 unspecified atom stereocenters. The van der Waals surface area contributed by atoms with Crippen molar-refractivity contribution in [1.82, 2.24) is 9.88 Å². The van der Waals surface area contributed by atoms with Crippen molar-refractivity contribution in [2.75, 3.05) is 43.0 Å².